The Hall–Kier alpha value is -2.82. The van der Waals surface area contributed by atoms with Crippen LogP contribution in [0.3, 0.4) is 0 Å². The van der Waals surface area contributed by atoms with Gasteiger partial charge in [-0.05, 0) is 82.2 Å². The van der Waals surface area contributed by atoms with Gasteiger partial charge in [-0.3, -0.25) is 4.79 Å². The van der Waals surface area contributed by atoms with Crippen molar-refractivity contribution in [1.82, 2.24) is 4.90 Å². The summed E-state index contributed by atoms with van der Waals surface area (Å²) in [5.74, 6) is 0.000205. The largest absolute Gasteiger partial charge is 0.478 e. The van der Waals surface area contributed by atoms with E-state index in [1.165, 1.54) is 5.56 Å². The quantitative estimate of drug-likeness (QED) is 0.765. The van der Waals surface area contributed by atoms with E-state index in [0.29, 0.717) is 24.8 Å². The summed E-state index contributed by atoms with van der Waals surface area (Å²) in [4.78, 5) is 26.4. The molecule has 5 heteroatoms. The van der Waals surface area contributed by atoms with Crippen molar-refractivity contribution < 1.29 is 19.4 Å². The van der Waals surface area contributed by atoms with E-state index in [1.807, 2.05) is 30.9 Å². The van der Waals surface area contributed by atoms with Gasteiger partial charge in [0.25, 0.3) is 5.91 Å². The molecular formula is C25H31NO4. The minimum Gasteiger partial charge on any atom is -0.478 e. The highest BCUT2D eigenvalue weighted by Crippen LogP contribution is 2.32. The topological polar surface area (TPSA) is 66.8 Å². The molecule has 2 aromatic carbocycles. The molecule has 1 heterocycles. The van der Waals surface area contributed by atoms with Crippen LogP contribution in [-0.4, -0.2) is 40.6 Å². The van der Waals surface area contributed by atoms with Crippen LogP contribution in [0, 0.1) is 20.8 Å². The molecule has 0 unspecified atom stereocenters. The molecule has 0 atom stereocenters. The number of carbonyl (C=O) groups excluding carboxylic acids is 1. The van der Waals surface area contributed by atoms with Gasteiger partial charge in [0.05, 0.1) is 0 Å². The summed E-state index contributed by atoms with van der Waals surface area (Å²) in [5, 5.41) is 9.29. The first-order valence-corrected chi connectivity index (χ1v) is 10.5. The molecule has 0 saturated carbocycles. The smallest absolute Gasteiger partial charge is 0.347 e. The summed E-state index contributed by atoms with van der Waals surface area (Å²) in [5.41, 5.74) is 3.91. The Bertz CT molecular complexity index is 932. The Morgan fingerprint density at radius 3 is 2.20 bits per heavy atom. The van der Waals surface area contributed by atoms with Crippen LogP contribution in [-0.2, 0) is 4.79 Å². The van der Waals surface area contributed by atoms with Crippen LogP contribution in [0.15, 0.2) is 36.4 Å². The lowest BCUT2D eigenvalue weighted by molar-refractivity contribution is -0.152. The molecular weight excluding hydrogens is 378 g/mol. The number of carboxylic acids is 1. The van der Waals surface area contributed by atoms with E-state index in [-0.39, 0.29) is 5.91 Å². The highest BCUT2D eigenvalue weighted by Gasteiger charge is 2.30. The Balaban J connectivity index is 1.68. The fraction of sp³-hybridized carbons (Fsp3) is 0.440. The Morgan fingerprint density at radius 1 is 1.03 bits per heavy atom. The van der Waals surface area contributed by atoms with Crippen molar-refractivity contribution in [3.63, 3.8) is 0 Å². The lowest BCUT2D eigenvalue weighted by atomic mass is 9.88. The van der Waals surface area contributed by atoms with Crippen LogP contribution < -0.4 is 4.74 Å². The zero-order valence-corrected chi connectivity index (χ0v) is 18.5. The predicted octanol–water partition coefficient (Wildman–Crippen LogP) is 4.87. The molecule has 0 bridgehead atoms. The maximum Gasteiger partial charge on any atom is 0.347 e. The highest BCUT2D eigenvalue weighted by molar-refractivity contribution is 5.97. The van der Waals surface area contributed by atoms with Crippen LogP contribution in [0.4, 0.5) is 0 Å². The number of hydrogen-bond acceptors (Lipinski definition) is 3. The van der Waals surface area contributed by atoms with Gasteiger partial charge in [0.1, 0.15) is 5.75 Å². The second-order valence-corrected chi connectivity index (χ2v) is 8.83. The van der Waals surface area contributed by atoms with Gasteiger partial charge in [0, 0.05) is 18.7 Å². The van der Waals surface area contributed by atoms with Crippen molar-refractivity contribution in [2.75, 3.05) is 13.1 Å². The summed E-state index contributed by atoms with van der Waals surface area (Å²) >= 11 is 0. The van der Waals surface area contributed by atoms with Gasteiger partial charge in [-0.2, -0.15) is 0 Å². The van der Waals surface area contributed by atoms with Crippen LogP contribution in [0.1, 0.15) is 65.2 Å². The summed E-state index contributed by atoms with van der Waals surface area (Å²) in [6.45, 7) is 10.6. The molecule has 0 spiro atoms. The zero-order chi connectivity index (χ0) is 22.1. The lowest BCUT2D eigenvalue weighted by Crippen LogP contribution is -2.38. The number of carbonyl (C=O) groups is 2. The maximum atomic E-state index is 13.1. The molecule has 2 aromatic rings. The van der Waals surface area contributed by atoms with Crippen molar-refractivity contribution in [1.29, 1.82) is 0 Å². The number of likely N-dealkylation sites (tertiary alicyclic amines) is 1. The summed E-state index contributed by atoms with van der Waals surface area (Å²) in [7, 11) is 0. The average Bonchev–Trinajstić information content (AvgIpc) is 2.67. The second-order valence-electron chi connectivity index (χ2n) is 8.83. The Kier molecular flexibility index (Phi) is 6.20. The number of aliphatic carboxylic acids is 1. The number of rotatable bonds is 5. The summed E-state index contributed by atoms with van der Waals surface area (Å²) in [6.07, 6.45) is 1.75. The number of benzene rings is 2. The van der Waals surface area contributed by atoms with Gasteiger partial charge in [0.2, 0.25) is 0 Å². The molecule has 1 aliphatic rings. The normalized spacial score (nSPS) is 15.2. The van der Waals surface area contributed by atoms with Crippen LogP contribution in [0.25, 0.3) is 0 Å². The third-order valence-corrected chi connectivity index (χ3v) is 5.89. The molecule has 5 nitrogen and oxygen atoms in total. The first-order chi connectivity index (χ1) is 14.1. The number of nitrogens with zero attached hydrogens (tertiary/aromatic N) is 1. The second kappa shape index (κ2) is 8.50. The molecule has 1 fully saturated rings. The van der Waals surface area contributed by atoms with Gasteiger partial charge in [-0.1, -0.05) is 29.8 Å². The maximum absolute atomic E-state index is 13.1. The molecule has 0 aliphatic carbocycles. The number of amides is 1. The van der Waals surface area contributed by atoms with E-state index < -0.39 is 11.6 Å². The Labute approximate surface area is 178 Å². The summed E-state index contributed by atoms with van der Waals surface area (Å²) < 4.78 is 5.68. The third-order valence-electron chi connectivity index (χ3n) is 5.89. The van der Waals surface area contributed by atoms with E-state index in [0.717, 1.165) is 35.1 Å². The third kappa shape index (κ3) is 4.66. The van der Waals surface area contributed by atoms with E-state index >= 15 is 0 Å². The van der Waals surface area contributed by atoms with Crippen LogP contribution in [0.5, 0.6) is 5.75 Å². The number of ether oxygens (including phenoxy) is 1. The fourth-order valence-corrected chi connectivity index (χ4v) is 4.26. The van der Waals surface area contributed by atoms with Crippen molar-refractivity contribution in [3.8, 4) is 5.75 Å². The summed E-state index contributed by atoms with van der Waals surface area (Å²) in [6, 6.07) is 11.8. The van der Waals surface area contributed by atoms with Gasteiger partial charge in [-0.15, -0.1) is 0 Å². The monoisotopic (exact) mass is 409 g/mol. The number of carboxylic acid groups (broad SMARTS) is 1. The SMILES string of the molecule is Cc1cc(C)c(C(=O)N2CCC(c3cccc(OC(C)(C)C(=O)O)c3)CC2)c(C)c1. The Morgan fingerprint density at radius 2 is 1.63 bits per heavy atom. The fourth-order valence-electron chi connectivity index (χ4n) is 4.26. The first kappa shape index (κ1) is 21.9. The standard InChI is InChI=1S/C25H31NO4/c1-16-13-17(2)22(18(3)14-16)23(27)26-11-9-19(10-12-26)20-7-6-8-21(15-20)30-25(4,5)24(28)29/h6-8,13-15,19H,9-12H2,1-5H3,(H,28,29). The van der Waals surface area contributed by atoms with Crippen molar-refractivity contribution >= 4 is 11.9 Å². The molecule has 30 heavy (non-hydrogen) atoms. The molecule has 1 N–H and O–H groups in total. The van der Waals surface area contributed by atoms with Gasteiger partial charge >= 0.3 is 5.97 Å². The molecule has 0 aromatic heterocycles. The molecule has 1 aliphatic heterocycles. The van der Waals surface area contributed by atoms with Crippen molar-refractivity contribution in [3.05, 3.63) is 64.2 Å². The molecule has 0 radical (unpaired) electrons. The molecule has 1 saturated heterocycles. The van der Waals surface area contributed by atoms with Crippen LogP contribution in [0.2, 0.25) is 0 Å². The number of aryl methyl sites for hydroxylation is 3. The zero-order valence-electron chi connectivity index (χ0n) is 18.5. The first-order valence-electron chi connectivity index (χ1n) is 10.5. The lowest BCUT2D eigenvalue weighted by Gasteiger charge is -2.33. The predicted molar refractivity (Wildman–Crippen MR) is 117 cm³/mol. The molecule has 1 amide bonds. The van der Waals surface area contributed by atoms with Gasteiger partial charge in [-0.25, -0.2) is 4.79 Å². The van der Waals surface area contributed by atoms with Gasteiger partial charge < -0.3 is 14.7 Å². The average molecular weight is 410 g/mol. The van der Waals surface area contributed by atoms with Crippen molar-refractivity contribution in [2.45, 2.75) is 59.0 Å². The molecule has 3 rings (SSSR count). The minimum atomic E-state index is -1.28. The number of hydrogen-bond donors (Lipinski definition) is 1. The minimum absolute atomic E-state index is 0.115. The van der Waals surface area contributed by atoms with E-state index in [1.54, 1.807) is 19.9 Å². The molecule has 160 valence electrons. The van der Waals surface area contributed by atoms with Gasteiger partial charge in [0.15, 0.2) is 5.60 Å². The number of piperidine rings is 1. The van der Waals surface area contributed by atoms with Crippen LogP contribution >= 0.6 is 0 Å². The van der Waals surface area contributed by atoms with E-state index in [2.05, 4.69) is 25.1 Å². The highest BCUT2D eigenvalue weighted by atomic mass is 16.5. The van der Waals surface area contributed by atoms with Crippen molar-refractivity contribution in [2.24, 2.45) is 0 Å². The van der Waals surface area contributed by atoms with E-state index in [9.17, 15) is 14.7 Å². The van der Waals surface area contributed by atoms with E-state index in [4.69, 9.17) is 4.74 Å².